The smallest absolute Gasteiger partial charge is 0.425 e. The molecule has 11 heteroatoms. The van der Waals surface area contributed by atoms with Gasteiger partial charge in [0.25, 0.3) is 0 Å². The number of piperidine rings is 1. The van der Waals surface area contributed by atoms with Gasteiger partial charge in [-0.2, -0.15) is 13.2 Å². The summed E-state index contributed by atoms with van der Waals surface area (Å²) in [4.78, 5) is 18.0. The number of aromatic nitrogens is 1. The van der Waals surface area contributed by atoms with Crippen LogP contribution in [0.3, 0.4) is 0 Å². The van der Waals surface area contributed by atoms with Gasteiger partial charge in [-0.3, -0.25) is 4.98 Å². The monoisotopic (exact) mass is 498 g/mol. The molecule has 34 heavy (non-hydrogen) atoms. The Morgan fingerprint density at radius 3 is 2.44 bits per heavy atom. The van der Waals surface area contributed by atoms with Gasteiger partial charge in [-0.05, 0) is 43.9 Å². The number of likely N-dealkylation sites (tertiary alicyclic amines) is 1. The van der Waals surface area contributed by atoms with Crippen LogP contribution < -0.4 is 4.74 Å². The number of nitrogens with zero attached hydrogens (tertiary/aromatic N) is 2. The molecule has 2 aromatic rings. The van der Waals surface area contributed by atoms with Crippen LogP contribution in [0.5, 0.6) is 5.75 Å². The number of carbonyl (C=O) groups excluding carboxylic acids is 1. The molecule has 1 saturated heterocycles. The first kappa shape index (κ1) is 24.3. The first-order valence-electron chi connectivity index (χ1n) is 10.9. The summed E-state index contributed by atoms with van der Waals surface area (Å²) in [5.74, 6) is 0.830. The predicted octanol–water partition coefficient (Wildman–Crippen LogP) is 4.26. The van der Waals surface area contributed by atoms with Crippen LogP contribution in [0.15, 0.2) is 41.4 Å². The molecule has 1 fully saturated rings. The molecular formula is C23H25F3N2O5S. The van der Waals surface area contributed by atoms with E-state index in [0.717, 1.165) is 24.3 Å². The molecule has 0 bridgehead atoms. The molecule has 0 spiro atoms. The third-order valence-electron chi connectivity index (χ3n) is 6.29. The van der Waals surface area contributed by atoms with Gasteiger partial charge in [-0.25, -0.2) is 13.2 Å². The van der Waals surface area contributed by atoms with Crippen molar-refractivity contribution in [2.75, 3.05) is 19.3 Å². The average molecular weight is 499 g/mol. The van der Waals surface area contributed by atoms with E-state index in [1.165, 1.54) is 4.90 Å². The van der Waals surface area contributed by atoms with Crippen LogP contribution in [0.1, 0.15) is 25.3 Å². The number of rotatable bonds is 4. The first-order valence-corrected chi connectivity index (χ1v) is 12.8. The zero-order valence-corrected chi connectivity index (χ0v) is 19.5. The first-order chi connectivity index (χ1) is 15.9. The topological polar surface area (TPSA) is 85.8 Å². The van der Waals surface area contributed by atoms with Gasteiger partial charge in [-0.15, -0.1) is 0 Å². The summed E-state index contributed by atoms with van der Waals surface area (Å²) in [5, 5.41) is 0. The summed E-state index contributed by atoms with van der Waals surface area (Å²) in [6.45, 7) is 1.43. The molecule has 0 radical (unpaired) electrons. The van der Waals surface area contributed by atoms with E-state index >= 15 is 0 Å². The Kier molecular flexibility index (Phi) is 6.50. The van der Waals surface area contributed by atoms with E-state index in [0.29, 0.717) is 43.8 Å². The zero-order valence-electron chi connectivity index (χ0n) is 18.7. The second-order valence-corrected chi connectivity index (χ2v) is 10.7. The maximum atomic E-state index is 12.6. The third-order valence-corrected chi connectivity index (χ3v) is 7.42. The van der Waals surface area contributed by atoms with E-state index < -0.39 is 28.2 Å². The molecule has 3 heterocycles. The van der Waals surface area contributed by atoms with Crippen LogP contribution in [0, 0.1) is 5.92 Å². The number of alkyl halides is 3. The third kappa shape index (κ3) is 5.29. The molecular weight excluding hydrogens is 473 g/mol. The predicted molar refractivity (Wildman–Crippen MR) is 117 cm³/mol. The standard InChI is InChI=1S/C23H25F3N2O5S/c1-14(23(24,25)26)32-22(29)28-9-7-16(8-10-28)20-12-17-11-19(27-13-21(17)33-20)15-3-5-18(6-4-15)34(2,30)31/h3-6,11,13-14,16,20H,7-10,12H2,1-2H3. The molecule has 2 aliphatic heterocycles. The molecule has 2 atom stereocenters. The van der Waals surface area contributed by atoms with Gasteiger partial charge in [-0.1, -0.05) is 12.1 Å². The van der Waals surface area contributed by atoms with Gasteiger partial charge in [0.1, 0.15) is 11.9 Å². The Labute approximate surface area is 195 Å². The number of halogens is 3. The van der Waals surface area contributed by atoms with Crippen molar-refractivity contribution in [2.45, 2.75) is 49.5 Å². The van der Waals surface area contributed by atoms with Gasteiger partial charge in [0.2, 0.25) is 0 Å². The van der Waals surface area contributed by atoms with Crippen molar-refractivity contribution in [1.82, 2.24) is 9.88 Å². The number of fused-ring (bicyclic) bond motifs is 1. The fourth-order valence-electron chi connectivity index (χ4n) is 4.21. The van der Waals surface area contributed by atoms with Gasteiger partial charge in [0.15, 0.2) is 15.9 Å². The molecule has 0 saturated carbocycles. The van der Waals surface area contributed by atoms with Crippen LogP contribution >= 0.6 is 0 Å². The molecule has 1 amide bonds. The van der Waals surface area contributed by atoms with Gasteiger partial charge >= 0.3 is 12.3 Å². The SMILES string of the molecule is CC(OC(=O)N1CCC(C2Cc3cc(-c4ccc(S(C)(=O)=O)cc4)ncc3O2)CC1)C(F)(F)F. The summed E-state index contributed by atoms with van der Waals surface area (Å²) in [6, 6.07) is 8.45. The summed E-state index contributed by atoms with van der Waals surface area (Å²) in [7, 11) is -3.28. The van der Waals surface area contributed by atoms with E-state index in [1.54, 1.807) is 30.5 Å². The van der Waals surface area contributed by atoms with Crippen molar-refractivity contribution < 1.29 is 35.9 Å². The summed E-state index contributed by atoms with van der Waals surface area (Å²) in [6.07, 6.45) is -3.12. The van der Waals surface area contributed by atoms with Crippen molar-refractivity contribution in [3.63, 3.8) is 0 Å². The number of hydrogen-bond donors (Lipinski definition) is 0. The average Bonchev–Trinajstić information content (AvgIpc) is 3.21. The van der Waals surface area contributed by atoms with Gasteiger partial charge in [0, 0.05) is 36.9 Å². The molecule has 4 rings (SSSR count). The number of benzene rings is 1. The molecule has 184 valence electrons. The van der Waals surface area contributed by atoms with Crippen molar-refractivity contribution in [2.24, 2.45) is 5.92 Å². The van der Waals surface area contributed by atoms with E-state index in [-0.39, 0.29) is 16.9 Å². The fourth-order valence-corrected chi connectivity index (χ4v) is 4.84. The van der Waals surface area contributed by atoms with E-state index in [4.69, 9.17) is 4.74 Å². The van der Waals surface area contributed by atoms with Crippen molar-refractivity contribution in [1.29, 1.82) is 0 Å². The molecule has 1 aromatic carbocycles. The van der Waals surface area contributed by atoms with Crippen LogP contribution in [0.2, 0.25) is 0 Å². The second-order valence-electron chi connectivity index (χ2n) is 8.73. The van der Waals surface area contributed by atoms with Crippen molar-refractivity contribution >= 4 is 15.9 Å². The highest BCUT2D eigenvalue weighted by molar-refractivity contribution is 7.90. The van der Waals surface area contributed by atoms with Gasteiger partial charge in [0.05, 0.1) is 16.8 Å². The van der Waals surface area contributed by atoms with E-state index in [9.17, 15) is 26.4 Å². The Balaban J connectivity index is 1.35. The molecule has 2 aliphatic rings. The van der Waals surface area contributed by atoms with Crippen LogP contribution in [-0.4, -0.2) is 62.1 Å². The minimum Gasteiger partial charge on any atom is -0.488 e. The maximum absolute atomic E-state index is 12.6. The summed E-state index contributed by atoms with van der Waals surface area (Å²) < 4.78 is 71.8. The number of pyridine rings is 1. The van der Waals surface area contributed by atoms with Crippen LogP contribution in [0.25, 0.3) is 11.3 Å². The lowest BCUT2D eigenvalue weighted by atomic mass is 9.89. The normalized spacial score (nSPS) is 19.9. The van der Waals surface area contributed by atoms with Crippen molar-refractivity contribution in [3.05, 3.63) is 42.1 Å². The lowest BCUT2D eigenvalue weighted by molar-refractivity contribution is -0.200. The van der Waals surface area contributed by atoms with Crippen LogP contribution in [-0.2, 0) is 21.0 Å². The fraction of sp³-hybridized carbons (Fsp3) is 0.478. The number of sulfone groups is 1. The molecule has 1 aromatic heterocycles. The van der Waals surface area contributed by atoms with E-state index in [1.807, 2.05) is 6.07 Å². The number of hydrogen-bond acceptors (Lipinski definition) is 6. The maximum Gasteiger partial charge on any atom is 0.425 e. The highest BCUT2D eigenvalue weighted by Crippen LogP contribution is 2.37. The zero-order chi connectivity index (χ0) is 24.7. The lowest BCUT2D eigenvalue weighted by Gasteiger charge is -2.34. The minimum absolute atomic E-state index is 0.105. The Bertz CT molecular complexity index is 1160. The molecule has 0 aliphatic carbocycles. The number of amides is 1. The Hall–Kier alpha value is -2.82. The van der Waals surface area contributed by atoms with E-state index in [2.05, 4.69) is 9.72 Å². The largest absolute Gasteiger partial charge is 0.488 e. The second kappa shape index (κ2) is 9.09. The lowest BCUT2D eigenvalue weighted by Crippen LogP contribution is -2.44. The summed E-state index contributed by atoms with van der Waals surface area (Å²) >= 11 is 0. The van der Waals surface area contributed by atoms with Crippen molar-refractivity contribution in [3.8, 4) is 17.0 Å². The Morgan fingerprint density at radius 1 is 1.21 bits per heavy atom. The minimum atomic E-state index is -4.58. The Morgan fingerprint density at radius 2 is 1.85 bits per heavy atom. The molecule has 2 unspecified atom stereocenters. The van der Waals surface area contributed by atoms with Crippen LogP contribution in [0.4, 0.5) is 18.0 Å². The molecule has 7 nitrogen and oxygen atoms in total. The number of ether oxygens (including phenoxy) is 2. The highest BCUT2D eigenvalue weighted by atomic mass is 32.2. The quantitative estimate of drug-likeness (QED) is 0.627. The highest BCUT2D eigenvalue weighted by Gasteiger charge is 2.41. The summed E-state index contributed by atoms with van der Waals surface area (Å²) in [5.41, 5.74) is 2.49. The molecule has 0 N–H and O–H groups in total. The number of carbonyl (C=O) groups is 1. The van der Waals surface area contributed by atoms with Gasteiger partial charge < -0.3 is 14.4 Å².